The molecular formula is C17H22O. The zero-order chi connectivity index (χ0) is 12.4. The van der Waals surface area contributed by atoms with Gasteiger partial charge in [0.1, 0.15) is 0 Å². The maximum atomic E-state index is 9.88. The molecular weight excluding hydrogens is 220 g/mol. The van der Waals surface area contributed by atoms with Gasteiger partial charge in [0.15, 0.2) is 0 Å². The third-order valence-electron chi connectivity index (χ3n) is 4.42. The largest absolute Gasteiger partial charge is 0.389 e. The summed E-state index contributed by atoms with van der Waals surface area (Å²) in [4.78, 5) is 0. The van der Waals surface area contributed by atoms with Crippen LogP contribution in [0.2, 0.25) is 0 Å². The molecule has 1 atom stereocenters. The number of hydrogen-bond acceptors (Lipinski definition) is 1. The summed E-state index contributed by atoms with van der Waals surface area (Å²) >= 11 is 0. The van der Waals surface area contributed by atoms with Crippen molar-refractivity contribution in [1.82, 2.24) is 0 Å². The topological polar surface area (TPSA) is 20.2 Å². The third-order valence-corrected chi connectivity index (χ3v) is 4.42. The minimum atomic E-state index is -0.241. The number of aliphatic hydroxyl groups excluding tert-OH is 1. The first kappa shape index (κ1) is 12.0. The molecule has 1 aromatic rings. The normalized spacial score (nSPS) is 25.2. The fourth-order valence-electron chi connectivity index (χ4n) is 3.04. The summed E-state index contributed by atoms with van der Waals surface area (Å²) in [6.07, 6.45) is 10.3. The molecule has 96 valence electrons. The van der Waals surface area contributed by atoms with Crippen molar-refractivity contribution >= 4 is 5.57 Å². The monoisotopic (exact) mass is 242 g/mol. The second-order valence-corrected chi connectivity index (χ2v) is 5.76. The van der Waals surface area contributed by atoms with Crippen LogP contribution in [0, 0.1) is 0 Å². The van der Waals surface area contributed by atoms with E-state index >= 15 is 0 Å². The summed E-state index contributed by atoms with van der Waals surface area (Å²) in [5.41, 5.74) is 4.18. The Morgan fingerprint density at radius 1 is 1.00 bits per heavy atom. The van der Waals surface area contributed by atoms with Gasteiger partial charge in [-0.1, -0.05) is 43.2 Å². The predicted octanol–water partition coefficient (Wildman–Crippen LogP) is 4.27. The molecule has 1 unspecified atom stereocenters. The standard InChI is InChI=1S/C17H22O/c18-17-10-2-1-5-16(12-17)15-9-4-8-14(11-15)13-6-3-7-13/h4,8-9,11-13,17-18H,1-3,5-7,10H2. The maximum Gasteiger partial charge on any atom is 0.0726 e. The molecule has 2 aliphatic carbocycles. The average molecular weight is 242 g/mol. The van der Waals surface area contributed by atoms with Gasteiger partial charge in [0.25, 0.3) is 0 Å². The van der Waals surface area contributed by atoms with Crippen LogP contribution in [0.25, 0.3) is 5.57 Å². The molecule has 0 aromatic heterocycles. The molecule has 0 aliphatic heterocycles. The lowest BCUT2D eigenvalue weighted by Crippen LogP contribution is -2.08. The molecule has 1 saturated carbocycles. The van der Waals surface area contributed by atoms with Crippen LogP contribution in [0.4, 0.5) is 0 Å². The van der Waals surface area contributed by atoms with E-state index in [1.807, 2.05) is 0 Å². The van der Waals surface area contributed by atoms with Crippen LogP contribution in [0.1, 0.15) is 62.0 Å². The van der Waals surface area contributed by atoms with E-state index in [-0.39, 0.29) is 6.10 Å². The van der Waals surface area contributed by atoms with Gasteiger partial charge < -0.3 is 5.11 Å². The van der Waals surface area contributed by atoms with E-state index in [2.05, 4.69) is 30.3 Å². The van der Waals surface area contributed by atoms with Crippen molar-refractivity contribution in [2.24, 2.45) is 0 Å². The second kappa shape index (κ2) is 5.27. The van der Waals surface area contributed by atoms with Crippen molar-refractivity contribution in [3.63, 3.8) is 0 Å². The Hall–Kier alpha value is -1.08. The van der Waals surface area contributed by atoms with Gasteiger partial charge in [-0.05, 0) is 54.7 Å². The number of aliphatic hydroxyl groups is 1. The minimum absolute atomic E-state index is 0.241. The Kier molecular flexibility index (Phi) is 3.51. The van der Waals surface area contributed by atoms with Gasteiger partial charge in [-0.3, -0.25) is 0 Å². The summed E-state index contributed by atoms with van der Waals surface area (Å²) in [6, 6.07) is 9.00. The Bertz CT molecular complexity index is 443. The molecule has 1 heteroatoms. The van der Waals surface area contributed by atoms with Gasteiger partial charge in [-0.15, -0.1) is 0 Å². The molecule has 1 fully saturated rings. The van der Waals surface area contributed by atoms with E-state index < -0.39 is 0 Å². The van der Waals surface area contributed by atoms with E-state index in [1.165, 1.54) is 42.4 Å². The highest BCUT2D eigenvalue weighted by Gasteiger charge is 2.20. The van der Waals surface area contributed by atoms with Gasteiger partial charge in [0.2, 0.25) is 0 Å². The first-order valence-corrected chi connectivity index (χ1v) is 7.32. The number of rotatable bonds is 2. The summed E-state index contributed by atoms with van der Waals surface area (Å²) in [5.74, 6) is 0.793. The van der Waals surface area contributed by atoms with Crippen molar-refractivity contribution < 1.29 is 5.11 Å². The van der Waals surface area contributed by atoms with Crippen LogP contribution in [0.5, 0.6) is 0 Å². The summed E-state index contributed by atoms with van der Waals surface area (Å²) in [5, 5.41) is 9.88. The third kappa shape index (κ3) is 2.51. The average Bonchev–Trinajstić information content (AvgIpc) is 2.52. The van der Waals surface area contributed by atoms with E-state index in [9.17, 15) is 5.11 Å². The predicted molar refractivity (Wildman–Crippen MR) is 75.5 cm³/mol. The van der Waals surface area contributed by atoms with Gasteiger partial charge >= 0.3 is 0 Å². The SMILES string of the molecule is OC1C=C(c2cccc(C3CCC3)c2)CCCC1. The molecule has 0 spiro atoms. The lowest BCUT2D eigenvalue weighted by atomic mass is 9.79. The maximum absolute atomic E-state index is 9.88. The number of benzene rings is 1. The molecule has 0 saturated heterocycles. The van der Waals surface area contributed by atoms with E-state index in [1.54, 1.807) is 0 Å². The van der Waals surface area contributed by atoms with Crippen LogP contribution in [0.15, 0.2) is 30.3 Å². The molecule has 0 amide bonds. The fourth-order valence-corrected chi connectivity index (χ4v) is 3.04. The summed E-state index contributed by atoms with van der Waals surface area (Å²) in [7, 11) is 0. The zero-order valence-electron chi connectivity index (χ0n) is 10.9. The van der Waals surface area contributed by atoms with Crippen LogP contribution >= 0.6 is 0 Å². The first-order valence-electron chi connectivity index (χ1n) is 7.32. The lowest BCUT2D eigenvalue weighted by molar-refractivity contribution is 0.211. The van der Waals surface area contributed by atoms with Gasteiger partial charge in [-0.2, -0.15) is 0 Å². The van der Waals surface area contributed by atoms with Crippen LogP contribution in [-0.4, -0.2) is 11.2 Å². The van der Waals surface area contributed by atoms with E-state index in [0.717, 1.165) is 25.2 Å². The smallest absolute Gasteiger partial charge is 0.0726 e. The first-order chi connectivity index (χ1) is 8.83. The fraction of sp³-hybridized carbons (Fsp3) is 0.529. The van der Waals surface area contributed by atoms with Crippen molar-refractivity contribution in [3.05, 3.63) is 41.5 Å². The zero-order valence-corrected chi connectivity index (χ0v) is 10.9. The lowest BCUT2D eigenvalue weighted by Gasteiger charge is -2.26. The van der Waals surface area contributed by atoms with Crippen LogP contribution in [-0.2, 0) is 0 Å². The van der Waals surface area contributed by atoms with E-state index in [4.69, 9.17) is 0 Å². The molecule has 0 heterocycles. The molecule has 0 radical (unpaired) electrons. The Morgan fingerprint density at radius 3 is 2.67 bits per heavy atom. The quantitative estimate of drug-likeness (QED) is 0.821. The molecule has 1 aromatic carbocycles. The molecule has 0 bridgehead atoms. The Morgan fingerprint density at radius 2 is 1.89 bits per heavy atom. The highest BCUT2D eigenvalue weighted by molar-refractivity contribution is 5.67. The number of hydrogen-bond donors (Lipinski definition) is 1. The molecule has 1 nitrogen and oxygen atoms in total. The second-order valence-electron chi connectivity index (χ2n) is 5.76. The van der Waals surface area contributed by atoms with Crippen molar-refractivity contribution in [3.8, 4) is 0 Å². The van der Waals surface area contributed by atoms with Crippen molar-refractivity contribution in [1.29, 1.82) is 0 Å². The minimum Gasteiger partial charge on any atom is -0.389 e. The van der Waals surface area contributed by atoms with Crippen LogP contribution < -0.4 is 0 Å². The molecule has 1 N–H and O–H groups in total. The summed E-state index contributed by atoms with van der Waals surface area (Å²) < 4.78 is 0. The van der Waals surface area contributed by atoms with Crippen molar-refractivity contribution in [2.45, 2.75) is 57.0 Å². The molecule has 2 aliphatic rings. The highest BCUT2D eigenvalue weighted by Crippen LogP contribution is 2.37. The molecule has 3 rings (SSSR count). The van der Waals surface area contributed by atoms with Crippen LogP contribution in [0.3, 0.4) is 0 Å². The highest BCUT2D eigenvalue weighted by atomic mass is 16.3. The van der Waals surface area contributed by atoms with Gasteiger partial charge in [-0.25, -0.2) is 0 Å². The van der Waals surface area contributed by atoms with Gasteiger partial charge in [0, 0.05) is 0 Å². The van der Waals surface area contributed by atoms with Gasteiger partial charge in [0.05, 0.1) is 6.10 Å². The van der Waals surface area contributed by atoms with E-state index in [0.29, 0.717) is 0 Å². The summed E-state index contributed by atoms with van der Waals surface area (Å²) in [6.45, 7) is 0. The molecule has 18 heavy (non-hydrogen) atoms. The number of allylic oxidation sites excluding steroid dienone is 1. The Balaban J connectivity index is 1.86. The van der Waals surface area contributed by atoms with Crippen molar-refractivity contribution in [2.75, 3.05) is 0 Å². The Labute approximate surface area is 110 Å².